The van der Waals surface area contributed by atoms with Crippen LogP contribution < -0.4 is 19.6 Å². The zero-order chi connectivity index (χ0) is 63.5. The quantitative estimate of drug-likeness (QED) is 0.0956. The van der Waals surface area contributed by atoms with Crippen LogP contribution in [0.4, 0.5) is 68.2 Å². The molecule has 2 heterocycles. The first kappa shape index (κ1) is 56.7. The maximum Gasteiger partial charge on any atom is 0.0462 e. The van der Waals surface area contributed by atoms with Gasteiger partial charge >= 0.3 is 0 Å². The first-order valence-corrected chi connectivity index (χ1v) is 34.3. The number of nitrogens with zero attached hydrogens (tertiary/aromatic N) is 4. The van der Waals surface area contributed by atoms with Crippen molar-refractivity contribution in [2.45, 2.75) is 0 Å². The molecular formula is C90H60N4S2. The molecule has 2 aliphatic carbocycles. The van der Waals surface area contributed by atoms with Gasteiger partial charge in [0.15, 0.2) is 0 Å². The molecule has 0 saturated heterocycles. The third-order valence-corrected chi connectivity index (χ3v) is 21.3. The van der Waals surface area contributed by atoms with Crippen LogP contribution in [0.25, 0.3) is 97.0 Å². The van der Waals surface area contributed by atoms with Crippen molar-refractivity contribution < 1.29 is 0 Å². The molecule has 0 radical (unpaired) electrons. The van der Waals surface area contributed by atoms with Crippen molar-refractivity contribution in [2.75, 3.05) is 19.6 Å². The van der Waals surface area contributed by atoms with Crippen LogP contribution in [0, 0.1) is 0 Å². The van der Waals surface area contributed by atoms with Gasteiger partial charge in [-0.1, -0.05) is 218 Å². The Morgan fingerprint density at radius 1 is 0.146 bits per heavy atom. The number of anilines is 12. The van der Waals surface area contributed by atoms with Gasteiger partial charge in [-0.05, 0) is 201 Å². The Hall–Kier alpha value is -12.1. The summed E-state index contributed by atoms with van der Waals surface area (Å²) in [6.45, 7) is 0. The van der Waals surface area contributed by atoms with E-state index in [1.54, 1.807) is 0 Å². The van der Waals surface area contributed by atoms with E-state index in [1.165, 1.54) is 97.0 Å². The van der Waals surface area contributed by atoms with Crippen molar-refractivity contribution >= 4 is 102 Å². The largest absolute Gasteiger partial charge is 0.311 e. The van der Waals surface area contributed by atoms with Crippen LogP contribution >= 0.6 is 22.7 Å². The maximum absolute atomic E-state index is 2.45. The lowest BCUT2D eigenvalue weighted by atomic mass is 9.96. The summed E-state index contributed by atoms with van der Waals surface area (Å²) in [5.74, 6) is 0. The summed E-state index contributed by atoms with van der Waals surface area (Å²) in [6, 6.07) is 132. The molecule has 0 N–H and O–H groups in total. The molecule has 0 spiro atoms. The normalized spacial score (nSPS) is 11.5. The van der Waals surface area contributed by atoms with E-state index >= 15 is 0 Å². The number of hydrogen-bond acceptors (Lipinski definition) is 6. The molecular weight excluding hydrogens is 1200 g/mol. The molecule has 2 aromatic heterocycles. The van der Waals surface area contributed by atoms with Crippen molar-refractivity contribution in [3.63, 3.8) is 0 Å². The Morgan fingerprint density at radius 2 is 0.292 bits per heavy atom. The fourth-order valence-electron chi connectivity index (χ4n) is 14.5. The van der Waals surface area contributed by atoms with Crippen LogP contribution in [0.1, 0.15) is 0 Å². The molecule has 18 rings (SSSR count). The minimum Gasteiger partial charge on any atom is -0.311 e. The summed E-state index contributed by atoms with van der Waals surface area (Å²) in [7, 11) is 0. The molecule has 452 valence electrons. The highest BCUT2D eigenvalue weighted by Crippen LogP contribution is 2.66. The van der Waals surface area contributed by atoms with Crippen LogP contribution in [0.15, 0.2) is 364 Å². The molecule has 0 fully saturated rings. The summed E-state index contributed by atoms with van der Waals surface area (Å²) in [4.78, 5) is 14.4. The van der Waals surface area contributed by atoms with E-state index in [-0.39, 0.29) is 0 Å². The van der Waals surface area contributed by atoms with E-state index in [2.05, 4.69) is 384 Å². The standard InChI is InChI=1S/C90H60N4S2/c1-9-25-65(26-10-1)91(66-27-11-2-12-28-66)73-49-41-61(42-50-73)87-83-77-57-58-79-82-80(60-59-78(81(77)82)84(83)88(95-87)62-43-51-74(52-44-62)92(67-29-13-3-14-30-67)68-31-15-4-16-32-68)86-85(79)89(63-45-53-75(54-46-63)93(69-33-17-5-18-34-69)70-35-19-6-20-36-70)96-90(86)64-47-55-76(56-48-64)94(71-37-21-7-22-38-71)72-39-23-8-24-40-72/h1-60H. The minimum absolute atomic E-state index is 1.10. The smallest absolute Gasteiger partial charge is 0.0462 e. The van der Waals surface area contributed by atoms with Crippen molar-refractivity contribution in [1.29, 1.82) is 0 Å². The third kappa shape index (κ3) is 9.81. The zero-order valence-corrected chi connectivity index (χ0v) is 53.9. The molecule has 4 nitrogen and oxygen atoms in total. The second-order valence-electron chi connectivity index (χ2n) is 24.3. The second kappa shape index (κ2) is 24.1. The van der Waals surface area contributed by atoms with Crippen LogP contribution in [0.3, 0.4) is 0 Å². The van der Waals surface area contributed by atoms with Crippen LogP contribution in [-0.2, 0) is 0 Å². The predicted molar refractivity (Wildman–Crippen MR) is 409 cm³/mol. The molecule has 14 aromatic carbocycles. The lowest BCUT2D eigenvalue weighted by Crippen LogP contribution is -2.09. The molecule has 6 heteroatoms. The third-order valence-electron chi connectivity index (χ3n) is 18.7. The number of benzene rings is 14. The molecule has 0 unspecified atom stereocenters. The minimum atomic E-state index is 1.10. The van der Waals surface area contributed by atoms with Gasteiger partial charge in [-0.25, -0.2) is 0 Å². The fourth-order valence-corrected chi connectivity index (χ4v) is 17.2. The number of hydrogen-bond donors (Lipinski definition) is 0. The van der Waals surface area contributed by atoms with Crippen molar-refractivity contribution in [2.24, 2.45) is 0 Å². The summed E-state index contributed by atoms with van der Waals surface area (Å²) >= 11 is 3.82. The van der Waals surface area contributed by atoms with Crippen LogP contribution in [0.2, 0.25) is 0 Å². The Morgan fingerprint density at radius 3 is 0.448 bits per heavy atom. The van der Waals surface area contributed by atoms with Crippen LogP contribution in [-0.4, -0.2) is 0 Å². The summed E-state index contributed by atoms with van der Waals surface area (Å²) in [6.07, 6.45) is 0. The molecule has 0 bridgehead atoms. The Balaban J connectivity index is 0.810. The topological polar surface area (TPSA) is 13.0 Å². The van der Waals surface area contributed by atoms with Gasteiger partial charge < -0.3 is 19.6 Å². The fraction of sp³-hybridized carbons (Fsp3) is 0. The Labute approximate surface area is 567 Å². The highest BCUT2D eigenvalue weighted by Gasteiger charge is 2.38. The molecule has 0 atom stereocenters. The molecule has 0 aliphatic heterocycles. The van der Waals surface area contributed by atoms with E-state index in [0.29, 0.717) is 0 Å². The van der Waals surface area contributed by atoms with Gasteiger partial charge in [-0.3, -0.25) is 0 Å². The van der Waals surface area contributed by atoms with Crippen molar-refractivity contribution in [1.82, 2.24) is 0 Å². The van der Waals surface area contributed by atoms with Gasteiger partial charge in [0.25, 0.3) is 0 Å². The van der Waals surface area contributed by atoms with Gasteiger partial charge in [-0.2, -0.15) is 0 Å². The monoisotopic (exact) mass is 1260 g/mol. The van der Waals surface area contributed by atoms with Gasteiger partial charge in [0.1, 0.15) is 0 Å². The van der Waals surface area contributed by atoms with Crippen LogP contribution in [0.5, 0.6) is 0 Å². The first-order chi connectivity index (χ1) is 47.7. The lowest BCUT2D eigenvalue weighted by molar-refractivity contribution is 1.28. The number of fused-ring (bicyclic) bond motifs is 6. The molecule has 96 heavy (non-hydrogen) atoms. The first-order valence-electron chi connectivity index (χ1n) is 32.6. The van der Waals surface area contributed by atoms with Gasteiger partial charge in [0.05, 0.1) is 0 Å². The lowest BCUT2D eigenvalue weighted by Gasteiger charge is -2.25. The predicted octanol–water partition coefficient (Wildman–Crippen LogP) is 26.8. The SMILES string of the molecule is c1ccc(N(c2ccccc2)c2ccc(-c3sc(-c4ccc(N(c5ccccc5)c5ccccc5)cc4)c4c3-c3ccc5c6c(ccc-4c36)-c3c(-c4ccc(N(c6ccccc6)c6ccccc6)cc4)sc(-c4ccc(N(c6ccccc6)c6ccccc6)cc4)c3-5)cc2)cc1. The van der Waals surface area contributed by atoms with E-state index in [4.69, 9.17) is 0 Å². The summed E-state index contributed by atoms with van der Waals surface area (Å²) < 4.78 is 0. The number of para-hydroxylation sites is 8. The van der Waals surface area contributed by atoms with Gasteiger partial charge in [-0.15, -0.1) is 22.7 Å². The van der Waals surface area contributed by atoms with E-state index in [1.807, 2.05) is 22.7 Å². The maximum atomic E-state index is 2.45. The Kier molecular flexibility index (Phi) is 14.2. The number of rotatable bonds is 16. The second-order valence-corrected chi connectivity index (χ2v) is 26.3. The van der Waals surface area contributed by atoms with Gasteiger partial charge in [0.2, 0.25) is 0 Å². The molecule has 0 amide bonds. The highest BCUT2D eigenvalue weighted by atomic mass is 32.1. The van der Waals surface area contributed by atoms with E-state index < -0.39 is 0 Å². The molecule has 0 saturated carbocycles. The summed E-state index contributed by atoms with van der Waals surface area (Å²) in [5, 5.41) is 2.65. The zero-order valence-electron chi connectivity index (χ0n) is 52.2. The number of thiophene rings is 2. The van der Waals surface area contributed by atoms with Crippen molar-refractivity contribution in [3.05, 3.63) is 364 Å². The average molecular weight is 1260 g/mol. The molecule has 2 aliphatic rings. The van der Waals surface area contributed by atoms with Gasteiger partial charge in [0, 0.05) is 110 Å². The van der Waals surface area contributed by atoms with Crippen molar-refractivity contribution in [3.8, 4) is 86.3 Å². The molecule has 16 aromatic rings. The highest BCUT2D eigenvalue weighted by molar-refractivity contribution is 7.21. The summed E-state index contributed by atoms with van der Waals surface area (Å²) in [5.41, 5.74) is 28.4. The Bertz CT molecular complexity index is 4620. The van der Waals surface area contributed by atoms with E-state index in [0.717, 1.165) is 68.2 Å². The average Bonchev–Trinajstić information content (AvgIpc) is 1.52. The van der Waals surface area contributed by atoms with E-state index in [9.17, 15) is 0 Å².